The number of carboxylic acid groups (broad SMARTS) is 1. The molecule has 0 bridgehead atoms. The Morgan fingerprint density at radius 2 is 2.12 bits per heavy atom. The summed E-state index contributed by atoms with van der Waals surface area (Å²) in [4.78, 5) is 23.9. The van der Waals surface area contributed by atoms with Gasteiger partial charge in [0.1, 0.15) is 6.61 Å². The topological polar surface area (TPSA) is 66.8 Å². The summed E-state index contributed by atoms with van der Waals surface area (Å²) in [6.45, 7) is 0.611. The molecule has 1 fully saturated rings. The fourth-order valence-corrected chi connectivity index (χ4v) is 3.04. The Kier molecular flexibility index (Phi) is 3.39. The van der Waals surface area contributed by atoms with Crippen molar-refractivity contribution in [2.75, 3.05) is 18.1 Å². The zero-order valence-electron chi connectivity index (χ0n) is 8.44. The highest BCUT2D eigenvalue weighted by Gasteiger charge is 2.29. The van der Waals surface area contributed by atoms with E-state index in [4.69, 9.17) is 9.84 Å². The number of carbonyl (C=O) groups excluding carboxylic acids is 1. The molecule has 90 valence electrons. The Morgan fingerprint density at radius 1 is 1.41 bits per heavy atom. The predicted octanol–water partition coefficient (Wildman–Crippen LogP) is 2.87. The minimum absolute atomic E-state index is 0.0464. The van der Waals surface area contributed by atoms with E-state index in [1.807, 2.05) is 0 Å². The lowest BCUT2D eigenvalue weighted by Crippen LogP contribution is -2.26. The molecule has 0 unspecified atom stereocenters. The molecule has 0 aliphatic carbocycles. The lowest BCUT2D eigenvalue weighted by molar-refractivity contribution is 0.0697. The average Bonchev–Trinajstić information content (AvgIpc) is 2.63. The van der Waals surface area contributed by atoms with E-state index in [1.165, 1.54) is 11.0 Å². The molecule has 1 aromatic carbocycles. The molecule has 7 heteroatoms. The Morgan fingerprint density at radius 3 is 2.65 bits per heavy atom. The highest BCUT2D eigenvalue weighted by molar-refractivity contribution is 9.11. The maximum absolute atomic E-state index is 11.5. The molecule has 0 spiro atoms. The van der Waals surface area contributed by atoms with Crippen LogP contribution in [0.1, 0.15) is 10.4 Å². The number of carbonyl (C=O) groups is 2. The zero-order chi connectivity index (χ0) is 12.6. The number of cyclic esters (lactones) is 1. The van der Waals surface area contributed by atoms with Crippen molar-refractivity contribution < 1.29 is 19.4 Å². The quantitative estimate of drug-likeness (QED) is 0.876. The summed E-state index contributed by atoms with van der Waals surface area (Å²) in [5.74, 6) is -1.10. The lowest BCUT2D eigenvalue weighted by Gasteiger charge is -2.17. The molecular weight excluding hydrogens is 358 g/mol. The summed E-state index contributed by atoms with van der Waals surface area (Å²) in [7, 11) is 0. The van der Waals surface area contributed by atoms with Crippen molar-refractivity contribution >= 4 is 49.6 Å². The molecule has 0 aromatic heterocycles. The highest BCUT2D eigenvalue weighted by Crippen LogP contribution is 2.35. The van der Waals surface area contributed by atoms with Gasteiger partial charge in [-0.3, -0.25) is 4.90 Å². The van der Waals surface area contributed by atoms with E-state index in [2.05, 4.69) is 31.9 Å². The Hall–Kier alpha value is -1.08. The van der Waals surface area contributed by atoms with E-state index < -0.39 is 12.1 Å². The molecule has 1 N–H and O–H groups in total. The van der Waals surface area contributed by atoms with Crippen molar-refractivity contribution in [3.05, 3.63) is 26.6 Å². The fourth-order valence-electron chi connectivity index (χ4n) is 1.60. The van der Waals surface area contributed by atoms with Crippen LogP contribution in [0.4, 0.5) is 10.5 Å². The molecule has 0 saturated carbocycles. The Balaban J connectivity index is 2.58. The molecule has 17 heavy (non-hydrogen) atoms. The first kappa shape index (κ1) is 12.4. The van der Waals surface area contributed by atoms with E-state index in [1.54, 1.807) is 6.07 Å². The fraction of sp³-hybridized carbons (Fsp3) is 0.200. The smallest absolute Gasteiger partial charge is 0.414 e. The third-order valence-corrected chi connectivity index (χ3v) is 3.35. The number of amides is 1. The van der Waals surface area contributed by atoms with E-state index in [-0.39, 0.29) is 12.2 Å². The number of carboxylic acids is 1. The van der Waals surface area contributed by atoms with Gasteiger partial charge in [-0.1, -0.05) is 15.9 Å². The van der Waals surface area contributed by atoms with Crippen LogP contribution in [-0.2, 0) is 4.74 Å². The van der Waals surface area contributed by atoms with Gasteiger partial charge in [-0.2, -0.15) is 0 Å². The van der Waals surface area contributed by atoms with Crippen molar-refractivity contribution in [1.82, 2.24) is 0 Å². The predicted molar refractivity (Wildman–Crippen MR) is 67.5 cm³/mol. The van der Waals surface area contributed by atoms with Crippen LogP contribution < -0.4 is 4.90 Å². The van der Waals surface area contributed by atoms with E-state index in [0.29, 0.717) is 21.2 Å². The van der Waals surface area contributed by atoms with Crippen LogP contribution in [0.2, 0.25) is 0 Å². The van der Waals surface area contributed by atoms with Gasteiger partial charge >= 0.3 is 12.1 Å². The summed E-state index contributed by atoms with van der Waals surface area (Å²) in [6.07, 6.45) is -0.532. The van der Waals surface area contributed by atoms with Gasteiger partial charge in [0.25, 0.3) is 0 Å². The standard InChI is InChI=1S/C10H7Br2NO4/c11-5-3-6(9(14)15)8(7(12)4-5)13-1-2-17-10(13)16/h3-4H,1-2H2,(H,14,15). The molecule has 1 amide bonds. The Bertz CT molecular complexity index is 503. The normalized spacial score (nSPS) is 14.9. The van der Waals surface area contributed by atoms with Crippen molar-refractivity contribution in [2.45, 2.75) is 0 Å². The number of hydrogen-bond acceptors (Lipinski definition) is 3. The van der Waals surface area contributed by atoms with Crippen molar-refractivity contribution in [3.8, 4) is 0 Å². The van der Waals surface area contributed by atoms with Crippen molar-refractivity contribution in [3.63, 3.8) is 0 Å². The number of halogens is 2. The van der Waals surface area contributed by atoms with Crippen molar-refractivity contribution in [2.24, 2.45) is 0 Å². The largest absolute Gasteiger partial charge is 0.478 e. The number of rotatable bonds is 2. The molecule has 1 heterocycles. The van der Waals surface area contributed by atoms with Gasteiger partial charge in [0.2, 0.25) is 0 Å². The molecule has 1 aromatic rings. The van der Waals surface area contributed by atoms with Gasteiger partial charge < -0.3 is 9.84 Å². The molecule has 2 rings (SSSR count). The van der Waals surface area contributed by atoms with Gasteiger partial charge in [0.15, 0.2) is 0 Å². The zero-order valence-corrected chi connectivity index (χ0v) is 11.6. The SMILES string of the molecule is O=C(O)c1cc(Br)cc(Br)c1N1CCOC1=O. The highest BCUT2D eigenvalue weighted by atomic mass is 79.9. The minimum Gasteiger partial charge on any atom is -0.478 e. The third kappa shape index (κ3) is 2.30. The minimum atomic E-state index is -1.10. The van der Waals surface area contributed by atoms with Crippen LogP contribution in [0.3, 0.4) is 0 Å². The molecule has 5 nitrogen and oxygen atoms in total. The first-order valence-corrected chi connectivity index (χ1v) is 6.26. The molecule has 1 aliphatic rings. The van der Waals surface area contributed by atoms with Crippen LogP contribution in [0.5, 0.6) is 0 Å². The van der Waals surface area contributed by atoms with Crippen LogP contribution in [0.15, 0.2) is 21.1 Å². The third-order valence-electron chi connectivity index (χ3n) is 2.29. The molecule has 1 saturated heterocycles. The van der Waals surface area contributed by atoms with Gasteiger partial charge in [0.05, 0.1) is 17.8 Å². The average molecular weight is 365 g/mol. The van der Waals surface area contributed by atoms with Gasteiger partial charge in [-0.05, 0) is 28.1 Å². The summed E-state index contributed by atoms with van der Waals surface area (Å²) in [5, 5.41) is 9.14. The maximum atomic E-state index is 11.5. The first-order chi connectivity index (χ1) is 8.00. The summed E-state index contributed by atoms with van der Waals surface area (Å²) < 4.78 is 5.96. The second kappa shape index (κ2) is 4.66. The second-order valence-corrected chi connectivity index (χ2v) is 5.12. The molecule has 1 aliphatic heterocycles. The van der Waals surface area contributed by atoms with E-state index >= 15 is 0 Å². The number of benzene rings is 1. The van der Waals surface area contributed by atoms with Gasteiger partial charge in [-0.15, -0.1) is 0 Å². The molecular formula is C10H7Br2NO4. The van der Waals surface area contributed by atoms with E-state index in [9.17, 15) is 9.59 Å². The number of hydrogen-bond donors (Lipinski definition) is 1. The molecule has 0 atom stereocenters. The first-order valence-electron chi connectivity index (χ1n) is 4.67. The lowest BCUT2D eigenvalue weighted by atomic mass is 10.1. The van der Waals surface area contributed by atoms with Crippen LogP contribution in [0, 0.1) is 0 Å². The summed E-state index contributed by atoms with van der Waals surface area (Å²) >= 11 is 6.47. The van der Waals surface area contributed by atoms with Crippen LogP contribution in [0.25, 0.3) is 0 Å². The maximum Gasteiger partial charge on any atom is 0.414 e. The second-order valence-electron chi connectivity index (χ2n) is 3.35. The van der Waals surface area contributed by atoms with Crippen molar-refractivity contribution in [1.29, 1.82) is 0 Å². The number of aromatic carboxylic acids is 1. The Labute approximate surface area is 114 Å². The number of ether oxygens (including phenoxy) is 1. The van der Waals surface area contributed by atoms with Gasteiger partial charge in [-0.25, -0.2) is 9.59 Å². The summed E-state index contributed by atoms with van der Waals surface area (Å²) in [5.41, 5.74) is 0.369. The monoisotopic (exact) mass is 363 g/mol. The summed E-state index contributed by atoms with van der Waals surface area (Å²) in [6, 6.07) is 3.14. The number of nitrogens with zero attached hydrogens (tertiary/aromatic N) is 1. The van der Waals surface area contributed by atoms with E-state index in [0.717, 1.165) is 0 Å². The van der Waals surface area contributed by atoms with Crippen LogP contribution in [-0.4, -0.2) is 30.3 Å². The molecule has 0 radical (unpaired) electrons. The van der Waals surface area contributed by atoms with Crippen LogP contribution >= 0.6 is 31.9 Å². The number of anilines is 1. The van der Waals surface area contributed by atoms with Gasteiger partial charge in [0, 0.05) is 8.95 Å².